The minimum absolute atomic E-state index is 0.0559. The molecule has 1 aromatic heterocycles. The van der Waals surface area contributed by atoms with E-state index in [4.69, 9.17) is 4.74 Å². The number of methoxy groups -OCH3 is 1. The predicted octanol–water partition coefficient (Wildman–Crippen LogP) is 2.84. The molecule has 0 aliphatic heterocycles. The van der Waals surface area contributed by atoms with E-state index < -0.39 is 0 Å². The van der Waals surface area contributed by atoms with Crippen molar-refractivity contribution in [3.63, 3.8) is 0 Å². The van der Waals surface area contributed by atoms with Crippen molar-refractivity contribution in [1.82, 2.24) is 9.78 Å². The highest BCUT2D eigenvalue weighted by Gasteiger charge is 2.20. The van der Waals surface area contributed by atoms with Gasteiger partial charge in [-0.25, -0.2) is 0 Å². The van der Waals surface area contributed by atoms with Crippen LogP contribution in [0.2, 0.25) is 0 Å². The van der Waals surface area contributed by atoms with E-state index in [2.05, 4.69) is 5.10 Å². The number of carbonyl (C=O) groups excluding carboxylic acids is 1. The lowest BCUT2D eigenvalue weighted by atomic mass is 10.00. The van der Waals surface area contributed by atoms with Gasteiger partial charge in [0.15, 0.2) is 0 Å². The summed E-state index contributed by atoms with van der Waals surface area (Å²) in [6.45, 7) is 5.99. The van der Waals surface area contributed by atoms with Crippen LogP contribution in [0.25, 0.3) is 0 Å². The molecule has 0 amide bonds. The minimum atomic E-state index is -0.0559. The summed E-state index contributed by atoms with van der Waals surface area (Å²) in [6.07, 6.45) is 0.811. The molecule has 1 heterocycles. The highest BCUT2D eigenvalue weighted by atomic mass is 16.5. The molecule has 0 unspecified atom stereocenters. The number of rotatable bonds is 4. The van der Waals surface area contributed by atoms with Gasteiger partial charge in [-0.2, -0.15) is 5.10 Å². The third-order valence-electron chi connectivity index (χ3n) is 3.65. The Hall–Kier alpha value is -2.10. The molecule has 0 spiro atoms. The molecule has 2 aromatic rings. The van der Waals surface area contributed by atoms with E-state index in [1.807, 2.05) is 39.0 Å². The number of aromatic nitrogens is 2. The molecule has 1 aromatic carbocycles. The maximum Gasteiger partial charge on any atom is 0.214 e. The van der Waals surface area contributed by atoms with Crippen LogP contribution in [0.4, 0.5) is 0 Å². The summed E-state index contributed by atoms with van der Waals surface area (Å²) in [6, 6.07) is 5.61. The Morgan fingerprint density at radius 2 is 2.05 bits per heavy atom. The van der Waals surface area contributed by atoms with Crippen LogP contribution >= 0.6 is 0 Å². The topological polar surface area (TPSA) is 44.1 Å². The molecule has 0 aliphatic carbocycles. The van der Waals surface area contributed by atoms with Gasteiger partial charge in [0, 0.05) is 7.05 Å². The molecule has 0 fully saturated rings. The third-order valence-corrected chi connectivity index (χ3v) is 3.65. The summed E-state index contributed by atoms with van der Waals surface area (Å²) < 4.78 is 7.06. The maximum absolute atomic E-state index is 12.7. The van der Waals surface area contributed by atoms with Gasteiger partial charge in [-0.15, -0.1) is 0 Å². The van der Waals surface area contributed by atoms with Crippen LogP contribution in [0.5, 0.6) is 5.75 Å². The van der Waals surface area contributed by atoms with Gasteiger partial charge < -0.3 is 4.74 Å². The summed E-state index contributed by atoms with van der Waals surface area (Å²) in [7, 11) is 3.39. The molecular weight excluding hydrogens is 252 g/mol. The molecule has 0 bridgehead atoms. The van der Waals surface area contributed by atoms with Crippen molar-refractivity contribution in [2.24, 2.45) is 7.05 Å². The van der Waals surface area contributed by atoms with E-state index in [0.29, 0.717) is 17.0 Å². The van der Waals surface area contributed by atoms with Gasteiger partial charge in [0.05, 0.1) is 18.4 Å². The first-order valence-electron chi connectivity index (χ1n) is 6.71. The fraction of sp³-hybridized carbons (Fsp3) is 0.375. The number of ether oxygens (including phenoxy) is 1. The highest BCUT2D eigenvalue weighted by molar-refractivity contribution is 6.10. The summed E-state index contributed by atoms with van der Waals surface area (Å²) in [4.78, 5) is 12.7. The van der Waals surface area contributed by atoms with Crippen LogP contribution in [0.15, 0.2) is 18.2 Å². The maximum atomic E-state index is 12.7. The number of hydrogen-bond acceptors (Lipinski definition) is 3. The molecule has 20 heavy (non-hydrogen) atoms. The summed E-state index contributed by atoms with van der Waals surface area (Å²) >= 11 is 0. The molecule has 0 N–H and O–H groups in total. The van der Waals surface area contributed by atoms with Crippen molar-refractivity contribution < 1.29 is 9.53 Å². The van der Waals surface area contributed by atoms with E-state index >= 15 is 0 Å². The van der Waals surface area contributed by atoms with Crippen molar-refractivity contribution in [3.05, 3.63) is 46.3 Å². The number of hydrogen-bond donors (Lipinski definition) is 0. The summed E-state index contributed by atoms with van der Waals surface area (Å²) in [5.74, 6) is 0.592. The first-order valence-corrected chi connectivity index (χ1v) is 6.71. The van der Waals surface area contributed by atoms with Crippen molar-refractivity contribution >= 4 is 5.78 Å². The van der Waals surface area contributed by atoms with Crippen LogP contribution < -0.4 is 4.74 Å². The van der Waals surface area contributed by atoms with Gasteiger partial charge in [-0.1, -0.05) is 13.0 Å². The Kier molecular flexibility index (Phi) is 3.93. The van der Waals surface area contributed by atoms with E-state index in [9.17, 15) is 4.79 Å². The molecule has 2 rings (SSSR count). The van der Waals surface area contributed by atoms with E-state index in [0.717, 1.165) is 23.2 Å². The normalized spacial score (nSPS) is 10.7. The van der Waals surface area contributed by atoms with Crippen molar-refractivity contribution in [3.8, 4) is 5.75 Å². The molecule has 0 aliphatic rings. The van der Waals surface area contributed by atoms with Gasteiger partial charge in [0.2, 0.25) is 5.78 Å². The summed E-state index contributed by atoms with van der Waals surface area (Å²) in [5, 5.41) is 4.33. The Morgan fingerprint density at radius 3 is 2.60 bits per heavy atom. The van der Waals surface area contributed by atoms with Crippen molar-refractivity contribution in [2.45, 2.75) is 27.2 Å². The predicted molar refractivity (Wildman–Crippen MR) is 78.5 cm³/mol. The van der Waals surface area contributed by atoms with Crippen LogP contribution in [0.3, 0.4) is 0 Å². The average Bonchev–Trinajstić information content (AvgIpc) is 2.82. The fourth-order valence-corrected chi connectivity index (χ4v) is 2.28. The van der Waals surface area contributed by atoms with Crippen molar-refractivity contribution in [2.75, 3.05) is 7.11 Å². The van der Waals surface area contributed by atoms with Crippen LogP contribution in [-0.2, 0) is 13.5 Å². The Morgan fingerprint density at radius 1 is 1.35 bits per heavy atom. The highest BCUT2D eigenvalue weighted by Crippen LogP contribution is 2.28. The standard InChI is InChI=1S/C16H20N2O2/c1-6-12-9-14(18(4)17-12)15(19)13-8-7-10(2)11(3)16(13)20-5/h7-9H,6H2,1-5H3. The van der Waals surface area contributed by atoms with Gasteiger partial charge in [-0.05, 0) is 43.5 Å². The summed E-state index contributed by atoms with van der Waals surface area (Å²) in [5.41, 5.74) is 4.19. The molecule has 4 nitrogen and oxygen atoms in total. The van der Waals surface area contributed by atoms with Crippen LogP contribution in [-0.4, -0.2) is 22.7 Å². The molecule has 0 radical (unpaired) electrons. The fourth-order valence-electron chi connectivity index (χ4n) is 2.28. The first kappa shape index (κ1) is 14.3. The third kappa shape index (κ3) is 2.33. The second kappa shape index (κ2) is 5.49. The van der Waals surface area contributed by atoms with E-state index in [1.165, 1.54) is 0 Å². The minimum Gasteiger partial charge on any atom is -0.496 e. The Balaban J connectivity index is 2.53. The van der Waals surface area contributed by atoms with Gasteiger partial charge in [0.25, 0.3) is 0 Å². The quantitative estimate of drug-likeness (QED) is 0.804. The lowest BCUT2D eigenvalue weighted by Crippen LogP contribution is -2.10. The zero-order valence-electron chi connectivity index (χ0n) is 12.7. The lowest BCUT2D eigenvalue weighted by molar-refractivity contribution is 0.102. The van der Waals surface area contributed by atoms with E-state index in [-0.39, 0.29) is 5.78 Å². The molecular formula is C16H20N2O2. The van der Waals surface area contributed by atoms with Gasteiger partial charge in [-0.3, -0.25) is 9.48 Å². The molecule has 0 saturated carbocycles. The van der Waals surface area contributed by atoms with Gasteiger partial charge in [0.1, 0.15) is 11.4 Å². The SMILES string of the molecule is CCc1cc(C(=O)c2ccc(C)c(C)c2OC)n(C)n1. The van der Waals surface area contributed by atoms with Crippen LogP contribution in [0, 0.1) is 13.8 Å². The number of benzene rings is 1. The Bertz CT molecular complexity index is 657. The van der Waals surface area contributed by atoms with Crippen LogP contribution in [0.1, 0.15) is 39.8 Å². The molecule has 0 atom stereocenters. The zero-order valence-corrected chi connectivity index (χ0v) is 12.7. The number of aryl methyl sites for hydroxylation is 3. The number of ketones is 1. The van der Waals surface area contributed by atoms with Crippen molar-refractivity contribution in [1.29, 1.82) is 0 Å². The molecule has 4 heteroatoms. The zero-order chi connectivity index (χ0) is 14.9. The smallest absolute Gasteiger partial charge is 0.214 e. The second-order valence-corrected chi connectivity index (χ2v) is 4.92. The first-order chi connectivity index (χ1) is 9.49. The largest absolute Gasteiger partial charge is 0.496 e. The van der Waals surface area contributed by atoms with E-state index in [1.54, 1.807) is 18.8 Å². The second-order valence-electron chi connectivity index (χ2n) is 4.92. The lowest BCUT2D eigenvalue weighted by Gasteiger charge is -2.12. The Labute approximate surface area is 119 Å². The van der Waals surface area contributed by atoms with Gasteiger partial charge >= 0.3 is 0 Å². The monoisotopic (exact) mass is 272 g/mol. The number of carbonyl (C=O) groups is 1. The molecule has 106 valence electrons. The number of nitrogens with zero attached hydrogens (tertiary/aromatic N) is 2. The average molecular weight is 272 g/mol. The molecule has 0 saturated heterocycles.